The molecule has 2 N–H and O–H groups in total. The van der Waals surface area contributed by atoms with E-state index in [-0.39, 0.29) is 13.0 Å². The van der Waals surface area contributed by atoms with Gasteiger partial charge in [-0.1, -0.05) is 6.07 Å². The Labute approximate surface area is 140 Å². The number of ether oxygens (including phenoxy) is 2. The van der Waals surface area contributed by atoms with Crippen molar-refractivity contribution in [2.24, 2.45) is 5.73 Å². The van der Waals surface area contributed by atoms with Gasteiger partial charge in [0.15, 0.2) is 6.61 Å². The number of nitrogens with two attached hydrogens (primary N) is 1. The summed E-state index contributed by atoms with van der Waals surface area (Å²) in [5.41, 5.74) is 8.61. The van der Waals surface area contributed by atoms with Gasteiger partial charge in [-0.15, -0.1) is 0 Å². The first kappa shape index (κ1) is 17.5. The lowest BCUT2D eigenvalue weighted by Crippen LogP contribution is -2.21. The van der Waals surface area contributed by atoms with Gasteiger partial charge in [0.2, 0.25) is 0 Å². The molecule has 0 saturated heterocycles. The second-order valence-electron chi connectivity index (χ2n) is 5.39. The van der Waals surface area contributed by atoms with Crippen LogP contribution in [0, 0.1) is 13.8 Å². The SMILES string of the molecule is COc1cccc(-n2nc(C)c(CCC(=O)OCC(N)=O)c2C)c1. The molecule has 0 aliphatic carbocycles. The number of aryl methyl sites for hydroxylation is 1. The van der Waals surface area contributed by atoms with Crippen molar-refractivity contribution in [1.82, 2.24) is 9.78 Å². The Morgan fingerprint density at radius 3 is 2.71 bits per heavy atom. The third-order valence-corrected chi connectivity index (χ3v) is 3.69. The summed E-state index contributed by atoms with van der Waals surface area (Å²) in [7, 11) is 1.61. The zero-order chi connectivity index (χ0) is 17.7. The molecule has 0 unspecified atom stereocenters. The number of rotatable bonds is 7. The fraction of sp³-hybridized carbons (Fsp3) is 0.353. The minimum Gasteiger partial charge on any atom is -0.497 e. The summed E-state index contributed by atoms with van der Waals surface area (Å²) < 4.78 is 11.8. The van der Waals surface area contributed by atoms with E-state index >= 15 is 0 Å². The number of primary amides is 1. The first-order valence-corrected chi connectivity index (χ1v) is 7.55. The van der Waals surface area contributed by atoms with Crippen molar-refractivity contribution < 1.29 is 19.1 Å². The maximum Gasteiger partial charge on any atom is 0.306 e. The summed E-state index contributed by atoms with van der Waals surface area (Å²) in [6.45, 7) is 3.46. The monoisotopic (exact) mass is 331 g/mol. The Morgan fingerprint density at radius 1 is 1.29 bits per heavy atom. The summed E-state index contributed by atoms with van der Waals surface area (Å²) in [6.07, 6.45) is 0.651. The van der Waals surface area contributed by atoms with Crippen LogP contribution in [-0.2, 0) is 20.7 Å². The number of amides is 1. The summed E-state index contributed by atoms with van der Waals surface area (Å²) in [5.74, 6) is -0.375. The molecule has 1 aromatic carbocycles. The van der Waals surface area contributed by atoms with Crippen molar-refractivity contribution in [2.45, 2.75) is 26.7 Å². The molecule has 2 aromatic rings. The van der Waals surface area contributed by atoms with E-state index in [1.54, 1.807) is 7.11 Å². The van der Waals surface area contributed by atoms with Gasteiger partial charge in [0.1, 0.15) is 5.75 Å². The van der Waals surface area contributed by atoms with Gasteiger partial charge in [-0.25, -0.2) is 4.68 Å². The number of hydrogen-bond donors (Lipinski definition) is 1. The average Bonchev–Trinajstić information content (AvgIpc) is 2.85. The summed E-state index contributed by atoms with van der Waals surface area (Å²) in [5, 5.41) is 4.54. The first-order chi connectivity index (χ1) is 11.4. The molecular weight excluding hydrogens is 310 g/mol. The molecule has 0 aliphatic heterocycles. The van der Waals surface area contributed by atoms with Crippen LogP contribution in [0.2, 0.25) is 0 Å². The van der Waals surface area contributed by atoms with Crippen molar-refractivity contribution in [3.05, 3.63) is 41.2 Å². The Bertz CT molecular complexity index is 752. The van der Waals surface area contributed by atoms with E-state index in [2.05, 4.69) is 5.10 Å². The van der Waals surface area contributed by atoms with Crippen LogP contribution < -0.4 is 10.5 Å². The van der Waals surface area contributed by atoms with E-state index in [1.165, 1.54) is 0 Å². The largest absolute Gasteiger partial charge is 0.497 e. The quantitative estimate of drug-likeness (QED) is 0.775. The third kappa shape index (κ3) is 4.13. The molecule has 7 heteroatoms. The van der Waals surface area contributed by atoms with E-state index in [9.17, 15) is 9.59 Å². The summed E-state index contributed by atoms with van der Waals surface area (Å²) in [6, 6.07) is 7.59. The zero-order valence-corrected chi connectivity index (χ0v) is 14.0. The molecule has 0 radical (unpaired) electrons. The van der Waals surface area contributed by atoms with E-state index in [0.717, 1.165) is 28.4 Å². The average molecular weight is 331 g/mol. The predicted molar refractivity (Wildman–Crippen MR) is 88.1 cm³/mol. The molecule has 0 fully saturated rings. The van der Waals surface area contributed by atoms with Gasteiger partial charge >= 0.3 is 5.97 Å². The fourth-order valence-corrected chi connectivity index (χ4v) is 2.48. The maximum atomic E-state index is 11.6. The van der Waals surface area contributed by atoms with Crippen LogP contribution in [0.25, 0.3) is 5.69 Å². The highest BCUT2D eigenvalue weighted by molar-refractivity contribution is 5.79. The first-order valence-electron chi connectivity index (χ1n) is 7.55. The van der Waals surface area contributed by atoms with Gasteiger partial charge in [-0.3, -0.25) is 9.59 Å². The minimum atomic E-state index is -0.665. The lowest BCUT2D eigenvalue weighted by molar-refractivity contribution is -0.147. The normalized spacial score (nSPS) is 10.5. The highest BCUT2D eigenvalue weighted by Crippen LogP contribution is 2.22. The Balaban J connectivity index is 2.14. The smallest absolute Gasteiger partial charge is 0.306 e. The van der Waals surface area contributed by atoms with Crippen molar-refractivity contribution in [3.8, 4) is 11.4 Å². The maximum absolute atomic E-state index is 11.6. The van der Waals surface area contributed by atoms with Gasteiger partial charge in [0.05, 0.1) is 18.5 Å². The van der Waals surface area contributed by atoms with E-state index < -0.39 is 11.9 Å². The highest BCUT2D eigenvalue weighted by Gasteiger charge is 2.15. The number of benzene rings is 1. The van der Waals surface area contributed by atoms with Gasteiger partial charge in [-0.05, 0) is 38.0 Å². The van der Waals surface area contributed by atoms with E-state index in [4.69, 9.17) is 15.2 Å². The van der Waals surface area contributed by atoms with Crippen LogP contribution in [0.15, 0.2) is 24.3 Å². The van der Waals surface area contributed by atoms with Crippen molar-refractivity contribution in [2.75, 3.05) is 13.7 Å². The predicted octanol–water partition coefficient (Wildman–Crippen LogP) is 1.46. The number of carbonyl (C=O) groups excluding carboxylic acids is 2. The van der Waals surface area contributed by atoms with Crippen molar-refractivity contribution in [3.63, 3.8) is 0 Å². The van der Waals surface area contributed by atoms with Crippen LogP contribution in [-0.4, -0.2) is 35.4 Å². The second-order valence-corrected chi connectivity index (χ2v) is 5.39. The molecular formula is C17H21N3O4. The Kier molecular flexibility index (Phi) is 5.57. The number of methoxy groups -OCH3 is 1. The molecule has 0 spiro atoms. The highest BCUT2D eigenvalue weighted by atomic mass is 16.5. The number of nitrogens with zero attached hydrogens (tertiary/aromatic N) is 2. The number of hydrogen-bond acceptors (Lipinski definition) is 5. The number of esters is 1. The fourth-order valence-electron chi connectivity index (χ4n) is 2.48. The van der Waals surface area contributed by atoms with Crippen LogP contribution in [0.3, 0.4) is 0 Å². The van der Waals surface area contributed by atoms with Gasteiger partial charge in [-0.2, -0.15) is 5.10 Å². The van der Waals surface area contributed by atoms with E-state index in [0.29, 0.717) is 6.42 Å². The second kappa shape index (κ2) is 7.63. The zero-order valence-electron chi connectivity index (χ0n) is 14.0. The molecule has 2 rings (SSSR count). The molecule has 0 saturated carbocycles. The van der Waals surface area contributed by atoms with Gasteiger partial charge < -0.3 is 15.2 Å². The molecule has 1 aromatic heterocycles. The van der Waals surface area contributed by atoms with Crippen LogP contribution in [0.5, 0.6) is 5.75 Å². The number of carbonyl (C=O) groups is 2. The van der Waals surface area contributed by atoms with Crippen LogP contribution in [0.4, 0.5) is 0 Å². The van der Waals surface area contributed by atoms with Gasteiger partial charge in [0.25, 0.3) is 5.91 Å². The van der Waals surface area contributed by atoms with Crippen LogP contribution in [0.1, 0.15) is 23.4 Å². The van der Waals surface area contributed by atoms with Crippen LogP contribution >= 0.6 is 0 Å². The standard InChI is InChI=1S/C17H21N3O4/c1-11-15(7-8-17(22)24-10-16(18)21)12(2)20(19-11)13-5-4-6-14(9-13)23-3/h4-6,9H,7-8,10H2,1-3H3,(H2,18,21). The number of aromatic nitrogens is 2. The molecule has 0 aliphatic rings. The molecule has 1 heterocycles. The molecule has 7 nitrogen and oxygen atoms in total. The molecule has 1 amide bonds. The molecule has 0 atom stereocenters. The third-order valence-electron chi connectivity index (χ3n) is 3.69. The lowest BCUT2D eigenvalue weighted by atomic mass is 10.1. The molecule has 24 heavy (non-hydrogen) atoms. The van der Waals surface area contributed by atoms with E-state index in [1.807, 2.05) is 42.8 Å². The minimum absolute atomic E-state index is 0.165. The molecule has 128 valence electrons. The Morgan fingerprint density at radius 2 is 2.04 bits per heavy atom. The topological polar surface area (TPSA) is 96.4 Å². The summed E-state index contributed by atoms with van der Waals surface area (Å²) in [4.78, 5) is 22.3. The Hall–Kier alpha value is -2.83. The molecule has 0 bridgehead atoms. The van der Waals surface area contributed by atoms with Gasteiger partial charge in [0, 0.05) is 18.2 Å². The lowest BCUT2D eigenvalue weighted by Gasteiger charge is -2.07. The van der Waals surface area contributed by atoms with Crippen molar-refractivity contribution >= 4 is 11.9 Å². The summed E-state index contributed by atoms with van der Waals surface area (Å²) >= 11 is 0. The van der Waals surface area contributed by atoms with Crippen molar-refractivity contribution in [1.29, 1.82) is 0 Å².